The van der Waals surface area contributed by atoms with E-state index in [-0.39, 0.29) is 41.6 Å². The van der Waals surface area contributed by atoms with E-state index in [0.717, 1.165) is 12.8 Å². The second-order valence-electron chi connectivity index (χ2n) is 8.46. The maximum Gasteiger partial charge on any atom is 0.200 e. The molecule has 30 heavy (non-hydrogen) atoms. The van der Waals surface area contributed by atoms with Crippen LogP contribution < -0.4 is 4.74 Å². The Balaban J connectivity index is 1.61. The zero-order valence-electron chi connectivity index (χ0n) is 17.1. The summed E-state index contributed by atoms with van der Waals surface area (Å²) in [6.45, 7) is 3.36. The number of rotatable bonds is 5. The highest BCUT2D eigenvalue weighted by Crippen LogP contribution is 2.58. The van der Waals surface area contributed by atoms with Gasteiger partial charge in [0.2, 0.25) is 5.82 Å². The SMILES string of the molecule is CCOc1ccc(C2CCC3C(c4ccc(C(C)O)c(F)c4F)CCC23)c(F)c1F. The first-order valence-corrected chi connectivity index (χ1v) is 10.6. The van der Waals surface area contributed by atoms with Gasteiger partial charge in [0.1, 0.15) is 0 Å². The number of ether oxygens (including phenoxy) is 1. The summed E-state index contributed by atoms with van der Waals surface area (Å²) >= 11 is 0. The van der Waals surface area contributed by atoms with Crippen LogP contribution in [0.1, 0.15) is 74.2 Å². The molecule has 0 heterocycles. The average molecular weight is 422 g/mol. The fourth-order valence-electron chi connectivity index (χ4n) is 5.66. The van der Waals surface area contributed by atoms with Crippen molar-refractivity contribution in [3.05, 3.63) is 64.2 Å². The van der Waals surface area contributed by atoms with Gasteiger partial charge in [0.25, 0.3) is 0 Å². The van der Waals surface area contributed by atoms with Crippen molar-refractivity contribution in [3.8, 4) is 5.75 Å². The molecule has 2 nitrogen and oxygen atoms in total. The van der Waals surface area contributed by atoms with Crippen molar-refractivity contribution >= 4 is 0 Å². The molecule has 0 aliphatic heterocycles. The molecule has 0 aromatic heterocycles. The van der Waals surface area contributed by atoms with E-state index in [1.165, 1.54) is 19.1 Å². The second-order valence-corrected chi connectivity index (χ2v) is 8.46. The molecule has 5 unspecified atom stereocenters. The van der Waals surface area contributed by atoms with Crippen LogP contribution in [0.2, 0.25) is 0 Å². The summed E-state index contributed by atoms with van der Waals surface area (Å²) < 4.78 is 63.5. The van der Waals surface area contributed by atoms with Gasteiger partial charge in [0.15, 0.2) is 23.2 Å². The molecule has 6 heteroatoms. The lowest BCUT2D eigenvalue weighted by Gasteiger charge is -2.23. The minimum Gasteiger partial charge on any atom is -0.491 e. The van der Waals surface area contributed by atoms with Crippen LogP contribution in [-0.4, -0.2) is 11.7 Å². The van der Waals surface area contributed by atoms with Crippen LogP contribution in [-0.2, 0) is 0 Å². The molecule has 2 aromatic rings. The normalized spacial score (nSPS) is 26.6. The predicted octanol–water partition coefficient (Wildman–Crippen LogP) is 6.38. The first-order chi connectivity index (χ1) is 14.3. The Hall–Kier alpha value is -2.08. The minimum atomic E-state index is -1.08. The maximum atomic E-state index is 14.8. The third-order valence-electron chi connectivity index (χ3n) is 6.97. The van der Waals surface area contributed by atoms with Gasteiger partial charge in [-0.2, -0.15) is 4.39 Å². The van der Waals surface area contributed by atoms with E-state index in [9.17, 15) is 22.7 Å². The number of aliphatic hydroxyl groups excluding tert-OH is 1. The van der Waals surface area contributed by atoms with E-state index in [0.29, 0.717) is 24.0 Å². The van der Waals surface area contributed by atoms with Crippen molar-refractivity contribution in [1.29, 1.82) is 0 Å². The summed E-state index contributed by atoms with van der Waals surface area (Å²) in [6.07, 6.45) is 1.79. The second kappa shape index (κ2) is 8.22. The van der Waals surface area contributed by atoms with E-state index >= 15 is 0 Å². The number of aliphatic hydroxyl groups is 1. The van der Waals surface area contributed by atoms with Gasteiger partial charge in [-0.1, -0.05) is 18.2 Å². The van der Waals surface area contributed by atoms with Crippen LogP contribution in [0.5, 0.6) is 5.75 Å². The fraction of sp³-hybridized carbons (Fsp3) is 0.500. The summed E-state index contributed by atoms with van der Waals surface area (Å²) in [5.41, 5.74) is 0.616. The van der Waals surface area contributed by atoms with Crippen LogP contribution in [0, 0.1) is 35.1 Å². The molecule has 0 bridgehead atoms. The lowest BCUT2D eigenvalue weighted by atomic mass is 9.82. The number of benzene rings is 2. The van der Waals surface area contributed by atoms with E-state index < -0.39 is 29.4 Å². The lowest BCUT2D eigenvalue weighted by Crippen LogP contribution is -2.14. The highest BCUT2D eigenvalue weighted by atomic mass is 19.2. The molecule has 1 N–H and O–H groups in total. The molecule has 162 valence electrons. The average Bonchev–Trinajstić information content (AvgIpc) is 3.30. The van der Waals surface area contributed by atoms with Crippen molar-refractivity contribution in [1.82, 2.24) is 0 Å². The molecule has 0 saturated heterocycles. The van der Waals surface area contributed by atoms with Gasteiger partial charge >= 0.3 is 0 Å². The number of halogens is 4. The molecule has 2 saturated carbocycles. The first-order valence-electron chi connectivity index (χ1n) is 10.6. The molecule has 0 radical (unpaired) electrons. The Morgan fingerprint density at radius 1 is 0.833 bits per heavy atom. The molecule has 2 fully saturated rings. The summed E-state index contributed by atoms with van der Waals surface area (Å²) in [7, 11) is 0. The van der Waals surface area contributed by atoms with Gasteiger partial charge in [-0.3, -0.25) is 0 Å². The van der Waals surface area contributed by atoms with Crippen LogP contribution in [0.25, 0.3) is 0 Å². The number of fused-ring (bicyclic) bond motifs is 1. The van der Waals surface area contributed by atoms with E-state index in [4.69, 9.17) is 4.74 Å². The van der Waals surface area contributed by atoms with Gasteiger partial charge in [0, 0.05) is 5.56 Å². The van der Waals surface area contributed by atoms with E-state index in [1.807, 2.05) is 0 Å². The van der Waals surface area contributed by atoms with Gasteiger partial charge in [-0.15, -0.1) is 0 Å². The maximum absolute atomic E-state index is 14.8. The molecule has 2 aromatic carbocycles. The van der Waals surface area contributed by atoms with Crippen molar-refractivity contribution in [2.24, 2.45) is 11.8 Å². The Morgan fingerprint density at radius 2 is 1.37 bits per heavy atom. The summed E-state index contributed by atoms with van der Waals surface area (Å²) in [5.74, 6) is -3.93. The smallest absolute Gasteiger partial charge is 0.200 e. The van der Waals surface area contributed by atoms with Gasteiger partial charge in [-0.05, 0) is 80.4 Å². The topological polar surface area (TPSA) is 29.5 Å². The molecule has 0 spiro atoms. The fourth-order valence-corrected chi connectivity index (χ4v) is 5.66. The van der Waals surface area contributed by atoms with Gasteiger partial charge < -0.3 is 9.84 Å². The predicted molar refractivity (Wildman–Crippen MR) is 105 cm³/mol. The Morgan fingerprint density at radius 3 is 1.90 bits per heavy atom. The molecule has 4 rings (SSSR count). The van der Waals surface area contributed by atoms with E-state index in [1.54, 1.807) is 19.1 Å². The highest BCUT2D eigenvalue weighted by Gasteiger charge is 2.47. The van der Waals surface area contributed by atoms with Crippen molar-refractivity contribution < 1.29 is 27.4 Å². The first kappa shape index (κ1) is 21.2. The van der Waals surface area contributed by atoms with Gasteiger partial charge in [0.05, 0.1) is 12.7 Å². The largest absolute Gasteiger partial charge is 0.491 e. The number of hydrogen-bond acceptors (Lipinski definition) is 2. The van der Waals surface area contributed by atoms with Crippen molar-refractivity contribution in [2.45, 2.75) is 57.5 Å². The van der Waals surface area contributed by atoms with Crippen LogP contribution in [0.4, 0.5) is 17.6 Å². The lowest BCUT2D eigenvalue weighted by molar-refractivity contribution is 0.192. The third kappa shape index (κ3) is 3.39. The highest BCUT2D eigenvalue weighted by molar-refractivity contribution is 5.36. The quantitative estimate of drug-likeness (QED) is 0.567. The zero-order chi connectivity index (χ0) is 21.6. The number of hydrogen-bond donors (Lipinski definition) is 1. The van der Waals surface area contributed by atoms with Crippen LogP contribution in [0.3, 0.4) is 0 Å². The minimum absolute atomic E-state index is 0.0537. The molecular formula is C24H26F4O2. The van der Waals surface area contributed by atoms with Crippen molar-refractivity contribution in [2.75, 3.05) is 6.61 Å². The molecule has 2 aliphatic rings. The summed E-state index contributed by atoms with van der Waals surface area (Å²) in [5, 5.41) is 9.62. The van der Waals surface area contributed by atoms with Crippen molar-refractivity contribution in [3.63, 3.8) is 0 Å². The Bertz CT molecular complexity index is 943. The molecular weight excluding hydrogens is 396 g/mol. The van der Waals surface area contributed by atoms with Crippen LogP contribution >= 0.6 is 0 Å². The molecule has 0 amide bonds. The van der Waals surface area contributed by atoms with Gasteiger partial charge in [-0.25, -0.2) is 13.2 Å². The summed E-state index contributed by atoms with van der Waals surface area (Å²) in [4.78, 5) is 0. The van der Waals surface area contributed by atoms with Crippen LogP contribution in [0.15, 0.2) is 24.3 Å². The Labute approximate surface area is 173 Å². The monoisotopic (exact) mass is 422 g/mol. The standard InChI is InChI=1S/C24H26F4O2/c1-3-30-20-11-10-19(23(27)24(20)28)17-8-6-14-15(17)5-7-16(14)18-9-4-13(12(2)29)21(25)22(18)26/h4,9-12,14-17,29H,3,5-8H2,1-2H3. The third-order valence-corrected chi connectivity index (χ3v) is 6.97. The van der Waals surface area contributed by atoms with E-state index in [2.05, 4.69) is 0 Å². The summed E-state index contributed by atoms with van der Waals surface area (Å²) in [6, 6.07) is 6.08. The molecule has 2 aliphatic carbocycles. The Kier molecular flexibility index (Phi) is 5.80. The molecule has 5 atom stereocenters. The zero-order valence-corrected chi connectivity index (χ0v) is 17.1.